The fourth-order valence-electron chi connectivity index (χ4n) is 3.02. The molecule has 5 nitrogen and oxygen atoms in total. The molecule has 21 heavy (non-hydrogen) atoms. The highest BCUT2D eigenvalue weighted by Crippen LogP contribution is 2.36. The normalized spacial score (nSPS) is 18.5. The van der Waals surface area contributed by atoms with Crippen molar-refractivity contribution in [3.63, 3.8) is 0 Å². The van der Waals surface area contributed by atoms with Gasteiger partial charge in [-0.15, -0.1) is 0 Å². The zero-order valence-electron chi connectivity index (χ0n) is 11.7. The summed E-state index contributed by atoms with van der Waals surface area (Å²) in [4.78, 5) is 14.1. The van der Waals surface area contributed by atoms with Gasteiger partial charge in [-0.25, -0.2) is 0 Å². The van der Waals surface area contributed by atoms with Gasteiger partial charge in [0.15, 0.2) is 5.76 Å². The van der Waals surface area contributed by atoms with E-state index in [9.17, 15) is 9.90 Å². The molecule has 1 aromatic heterocycles. The molecule has 5 heteroatoms. The highest BCUT2D eigenvalue weighted by molar-refractivity contribution is 5.81. The maximum atomic E-state index is 11.9. The van der Waals surface area contributed by atoms with Crippen molar-refractivity contribution in [3.05, 3.63) is 53.9 Å². The van der Waals surface area contributed by atoms with Crippen molar-refractivity contribution >= 4 is 5.97 Å². The van der Waals surface area contributed by atoms with Gasteiger partial charge in [-0.3, -0.25) is 9.69 Å². The molecule has 0 radical (unpaired) electrons. The molecule has 3 rings (SSSR count). The number of likely N-dealkylation sites (tertiary alicyclic amines) is 1. The summed E-state index contributed by atoms with van der Waals surface area (Å²) in [7, 11) is 0. The van der Waals surface area contributed by atoms with Crippen LogP contribution in [0.15, 0.2) is 47.1 Å². The van der Waals surface area contributed by atoms with E-state index in [2.05, 4.69) is 10.1 Å². The van der Waals surface area contributed by atoms with Crippen molar-refractivity contribution < 1.29 is 14.4 Å². The van der Waals surface area contributed by atoms with Gasteiger partial charge in [0, 0.05) is 19.2 Å². The molecule has 1 aliphatic rings. The van der Waals surface area contributed by atoms with Crippen LogP contribution in [0.2, 0.25) is 0 Å². The van der Waals surface area contributed by atoms with E-state index in [1.54, 1.807) is 6.20 Å². The maximum Gasteiger partial charge on any atom is 0.314 e. The molecule has 1 aliphatic heterocycles. The first-order valence-electron chi connectivity index (χ1n) is 7.11. The first kappa shape index (κ1) is 13.8. The molecule has 2 heterocycles. The van der Waals surface area contributed by atoms with Gasteiger partial charge in [0.2, 0.25) is 0 Å². The number of piperidine rings is 1. The summed E-state index contributed by atoms with van der Waals surface area (Å²) in [5, 5.41) is 13.4. The highest BCUT2D eigenvalue weighted by atomic mass is 16.5. The first-order chi connectivity index (χ1) is 10.2. The van der Waals surface area contributed by atoms with E-state index in [0.717, 1.165) is 24.4 Å². The summed E-state index contributed by atoms with van der Waals surface area (Å²) >= 11 is 0. The van der Waals surface area contributed by atoms with Crippen molar-refractivity contribution in [2.45, 2.75) is 24.8 Å². The molecule has 1 aromatic carbocycles. The van der Waals surface area contributed by atoms with Crippen LogP contribution >= 0.6 is 0 Å². The fraction of sp³-hybridized carbons (Fsp3) is 0.375. The Bertz CT molecular complexity index is 587. The largest absolute Gasteiger partial charge is 0.481 e. The second-order valence-electron chi connectivity index (χ2n) is 5.51. The van der Waals surface area contributed by atoms with E-state index in [4.69, 9.17) is 4.52 Å². The standard InChI is InChI=1S/C16H18N2O3/c19-15(20)16(13-4-2-1-3-5-13)7-10-18(11-8-16)12-14-6-9-17-21-14/h1-6,9H,7-8,10-12H2,(H,19,20). The minimum absolute atomic E-state index is 0.612. The first-order valence-corrected chi connectivity index (χ1v) is 7.11. The number of benzene rings is 1. The molecule has 0 atom stereocenters. The lowest BCUT2D eigenvalue weighted by Gasteiger charge is -2.38. The SMILES string of the molecule is O=C(O)C1(c2ccccc2)CCN(Cc2ccno2)CC1. The van der Waals surface area contributed by atoms with Crippen LogP contribution in [0.25, 0.3) is 0 Å². The Balaban J connectivity index is 1.73. The number of aromatic nitrogens is 1. The number of rotatable bonds is 4. The lowest BCUT2D eigenvalue weighted by atomic mass is 9.73. The van der Waals surface area contributed by atoms with E-state index in [1.807, 2.05) is 36.4 Å². The Morgan fingerprint density at radius 3 is 2.52 bits per heavy atom. The Labute approximate surface area is 123 Å². The van der Waals surface area contributed by atoms with Crippen LogP contribution in [0.5, 0.6) is 0 Å². The van der Waals surface area contributed by atoms with Crippen LogP contribution in [-0.4, -0.2) is 34.2 Å². The minimum Gasteiger partial charge on any atom is -0.481 e. The molecule has 0 saturated carbocycles. The van der Waals surface area contributed by atoms with E-state index < -0.39 is 11.4 Å². The predicted octanol–water partition coefficient (Wildman–Crippen LogP) is 2.29. The number of hydrogen-bond donors (Lipinski definition) is 1. The van der Waals surface area contributed by atoms with E-state index >= 15 is 0 Å². The topological polar surface area (TPSA) is 66.6 Å². The van der Waals surface area contributed by atoms with Crippen LogP contribution in [-0.2, 0) is 16.8 Å². The molecule has 1 N–H and O–H groups in total. The van der Waals surface area contributed by atoms with Crippen LogP contribution in [0.3, 0.4) is 0 Å². The second kappa shape index (κ2) is 5.69. The van der Waals surface area contributed by atoms with Gasteiger partial charge >= 0.3 is 5.97 Å². The quantitative estimate of drug-likeness (QED) is 0.934. The summed E-state index contributed by atoms with van der Waals surface area (Å²) < 4.78 is 5.11. The number of carbonyl (C=O) groups is 1. The number of carboxylic acid groups (broad SMARTS) is 1. The third kappa shape index (κ3) is 2.69. The monoisotopic (exact) mass is 286 g/mol. The average molecular weight is 286 g/mol. The summed E-state index contributed by atoms with van der Waals surface area (Å²) in [5.74, 6) is 0.0885. The van der Waals surface area contributed by atoms with Crippen LogP contribution in [0.1, 0.15) is 24.2 Å². The Morgan fingerprint density at radius 1 is 1.24 bits per heavy atom. The molecule has 2 aromatic rings. The zero-order valence-corrected chi connectivity index (χ0v) is 11.7. The Hall–Kier alpha value is -2.14. The van der Waals surface area contributed by atoms with Gasteiger partial charge in [-0.05, 0) is 18.4 Å². The lowest BCUT2D eigenvalue weighted by Crippen LogP contribution is -2.47. The number of aliphatic carboxylic acids is 1. The summed E-state index contributed by atoms with van der Waals surface area (Å²) in [6.07, 6.45) is 2.85. The van der Waals surface area contributed by atoms with Gasteiger partial charge in [-0.2, -0.15) is 0 Å². The maximum absolute atomic E-state index is 11.9. The molecular formula is C16H18N2O3. The summed E-state index contributed by atoms with van der Waals surface area (Å²) in [6, 6.07) is 11.4. The highest BCUT2D eigenvalue weighted by Gasteiger charge is 2.42. The van der Waals surface area contributed by atoms with E-state index in [0.29, 0.717) is 19.4 Å². The number of hydrogen-bond acceptors (Lipinski definition) is 4. The molecule has 1 saturated heterocycles. The minimum atomic E-state index is -0.765. The third-order valence-electron chi connectivity index (χ3n) is 4.32. The van der Waals surface area contributed by atoms with Crippen molar-refractivity contribution in [3.8, 4) is 0 Å². The van der Waals surface area contributed by atoms with Crippen molar-refractivity contribution in [2.24, 2.45) is 0 Å². The molecule has 1 fully saturated rings. The molecule has 0 unspecified atom stereocenters. The van der Waals surface area contributed by atoms with E-state index in [-0.39, 0.29) is 0 Å². The molecule has 110 valence electrons. The zero-order chi connectivity index (χ0) is 14.7. The van der Waals surface area contributed by atoms with Crippen LogP contribution in [0, 0.1) is 0 Å². The van der Waals surface area contributed by atoms with Crippen LogP contribution in [0.4, 0.5) is 0 Å². The van der Waals surface area contributed by atoms with Crippen molar-refractivity contribution in [2.75, 3.05) is 13.1 Å². The smallest absolute Gasteiger partial charge is 0.314 e. The molecule has 0 amide bonds. The molecule has 0 bridgehead atoms. The van der Waals surface area contributed by atoms with E-state index in [1.165, 1.54) is 0 Å². The van der Waals surface area contributed by atoms with Crippen molar-refractivity contribution in [1.82, 2.24) is 10.1 Å². The van der Waals surface area contributed by atoms with Crippen molar-refractivity contribution in [1.29, 1.82) is 0 Å². The Kier molecular flexibility index (Phi) is 3.75. The van der Waals surface area contributed by atoms with Crippen LogP contribution < -0.4 is 0 Å². The van der Waals surface area contributed by atoms with Gasteiger partial charge in [0.1, 0.15) is 0 Å². The predicted molar refractivity (Wildman–Crippen MR) is 76.8 cm³/mol. The van der Waals surface area contributed by atoms with Gasteiger partial charge in [0.25, 0.3) is 0 Å². The number of nitrogens with zero attached hydrogens (tertiary/aromatic N) is 2. The summed E-state index contributed by atoms with van der Waals surface area (Å²) in [6.45, 7) is 2.16. The molecule has 0 aliphatic carbocycles. The average Bonchev–Trinajstić information content (AvgIpc) is 3.02. The number of carboxylic acids is 1. The molecule has 0 spiro atoms. The summed E-state index contributed by atoms with van der Waals surface area (Å²) in [5.41, 5.74) is 0.135. The van der Waals surface area contributed by atoms with Gasteiger partial charge in [-0.1, -0.05) is 35.5 Å². The Morgan fingerprint density at radius 2 is 1.95 bits per heavy atom. The molecular weight excluding hydrogens is 268 g/mol. The second-order valence-corrected chi connectivity index (χ2v) is 5.51. The fourth-order valence-corrected chi connectivity index (χ4v) is 3.02. The third-order valence-corrected chi connectivity index (χ3v) is 4.32. The van der Waals surface area contributed by atoms with Gasteiger partial charge < -0.3 is 9.63 Å². The van der Waals surface area contributed by atoms with Gasteiger partial charge in [0.05, 0.1) is 18.2 Å². The lowest BCUT2D eigenvalue weighted by molar-refractivity contribution is -0.146.